The van der Waals surface area contributed by atoms with Gasteiger partial charge in [-0.25, -0.2) is 0 Å². The molecule has 0 radical (unpaired) electrons. The van der Waals surface area contributed by atoms with E-state index >= 15 is 0 Å². The minimum Gasteiger partial charge on any atom is -0.397 e. The molecule has 1 saturated heterocycles. The second-order valence-corrected chi connectivity index (χ2v) is 5.77. The zero-order chi connectivity index (χ0) is 13.4. The Kier molecular flexibility index (Phi) is 3.05. The number of nitrogens with zero attached hydrogens (tertiary/aromatic N) is 2. The lowest BCUT2D eigenvalue weighted by atomic mass is 9.92. The zero-order valence-corrected chi connectivity index (χ0v) is 11.6. The van der Waals surface area contributed by atoms with E-state index in [-0.39, 0.29) is 0 Å². The number of hydrogen-bond donors (Lipinski definition) is 1. The first-order valence-corrected chi connectivity index (χ1v) is 7.05. The molecule has 1 aliphatic heterocycles. The first kappa shape index (κ1) is 12.3. The molecule has 2 unspecified atom stereocenters. The van der Waals surface area contributed by atoms with Gasteiger partial charge in [-0.2, -0.15) is 0 Å². The summed E-state index contributed by atoms with van der Waals surface area (Å²) >= 11 is 0. The zero-order valence-electron chi connectivity index (χ0n) is 11.6. The van der Waals surface area contributed by atoms with Crippen LogP contribution >= 0.6 is 0 Å². The predicted molar refractivity (Wildman–Crippen MR) is 81.4 cm³/mol. The molecule has 0 aliphatic carbocycles. The van der Waals surface area contributed by atoms with E-state index < -0.39 is 0 Å². The van der Waals surface area contributed by atoms with Crippen LogP contribution in [0.5, 0.6) is 0 Å². The van der Waals surface area contributed by atoms with Gasteiger partial charge < -0.3 is 10.6 Å². The van der Waals surface area contributed by atoms with Crippen LogP contribution in [0.4, 0.5) is 11.4 Å². The summed E-state index contributed by atoms with van der Waals surface area (Å²) < 4.78 is 0. The smallest absolute Gasteiger partial charge is 0.0632 e. The van der Waals surface area contributed by atoms with Crippen molar-refractivity contribution < 1.29 is 0 Å². The van der Waals surface area contributed by atoms with Gasteiger partial charge in [-0.3, -0.25) is 4.98 Å². The first-order valence-electron chi connectivity index (χ1n) is 7.05. The van der Waals surface area contributed by atoms with E-state index in [1.165, 1.54) is 18.5 Å². The fourth-order valence-electron chi connectivity index (χ4n) is 3.20. The minimum atomic E-state index is 0.560. The maximum atomic E-state index is 6.38. The highest BCUT2D eigenvalue weighted by Gasteiger charge is 2.24. The topological polar surface area (TPSA) is 42.2 Å². The molecule has 2 heterocycles. The van der Waals surface area contributed by atoms with Crippen LogP contribution in [0.2, 0.25) is 0 Å². The Morgan fingerprint density at radius 3 is 2.89 bits per heavy atom. The normalized spacial score (nSPS) is 23.8. The lowest BCUT2D eigenvalue weighted by Gasteiger charge is -2.39. The Labute approximate surface area is 114 Å². The molecule has 2 atom stereocenters. The third-order valence-electron chi connectivity index (χ3n) is 4.29. The maximum absolute atomic E-state index is 6.38. The van der Waals surface area contributed by atoms with Crippen LogP contribution in [0.3, 0.4) is 0 Å². The number of fused-ring (bicyclic) bond motifs is 1. The van der Waals surface area contributed by atoms with Crippen LogP contribution in [-0.2, 0) is 0 Å². The number of aromatic nitrogens is 1. The summed E-state index contributed by atoms with van der Waals surface area (Å²) in [6.45, 7) is 5.73. The molecule has 1 aromatic heterocycles. The van der Waals surface area contributed by atoms with Crippen molar-refractivity contribution in [1.82, 2.24) is 4.98 Å². The molecule has 1 fully saturated rings. The number of nitrogens with two attached hydrogens (primary N) is 1. The van der Waals surface area contributed by atoms with Gasteiger partial charge in [0, 0.05) is 35.8 Å². The van der Waals surface area contributed by atoms with E-state index in [9.17, 15) is 0 Å². The van der Waals surface area contributed by atoms with Crippen LogP contribution in [0.15, 0.2) is 30.6 Å². The van der Waals surface area contributed by atoms with Crippen LogP contribution in [-0.4, -0.2) is 17.6 Å². The van der Waals surface area contributed by atoms with E-state index in [1.807, 2.05) is 18.5 Å². The van der Waals surface area contributed by atoms with Crippen LogP contribution < -0.4 is 10.6 Å². The van der Waals surface area contributed by atoms with Gasteiger partial charge in [-0.1, -0.05) is 13.0 Å². The summed E-state index contributed by atoms with van der Waals surface area (Å²) in [5, 5.41) is 2.22. The molecule has 3 rings (SSSR count). The lowest BCUT2D eigenvalue weighted by molar-refractivity contribution is 0.378. The Balaban J connectivity index is 2.03. The maximum Gasteiger partial charge on any atom is 0.0632 e. The number of nitrogen functional groups attached to an aromatic ring is 1. The summed E-state index contributed by atoms with van der Waals surface area (Å²) in [7, 11) is 0. The van der Waals surface area contributed by atoms with Gasteiger partial charge in [-0.15, -0.1) is 0 Å². The van der Waals surface area contributed by atoms with E-state index in [4.69, 9.17) is 5.73 Å². The third-order valence-corrected chi connectivity index (χ3v) is 4.29. The summed E-state index contributed by atoms with van der Waals surface area (Å²) in [6.07, 6.45) is 6.17. The Morgan fingerprint density at radius 1 is 1.26 bits per heavy atom. The molecular formula is C16H21N3. The van der Waals surface area contributed by atoms with Gasteiger partial charge in [0.05, 0.1) is 11.4 Å². The molecule has 0 amide bonds. The molecule has 0 spiro atoms. The second kappa shape index (κ2) is 4.72. The minimum absolute atomic E-state index is 0.560. The Morgan fingerprint density at radius 2 is 2.11 bits per heavy atom. The monoisotopic (exact) mass is 255 g/mol. The number of anilines is 2. The van der Waals surface area contributed by atoms with Gasteiger partial charge in [-0.05, 0) is 37.8 Å². The number of piperidine rings is 1. The standard InChI is InChI=1S/C16H21N3/c1-11-6-8-19(12(2)9-11)15-4-3-13-10-18-7-5-14(13)16(15)17/h3-5,7,10-12H,6,8-9,17H2,1-2H3. The highest BCUT2D eigenvalue weighted by Crippen LogP contribution is 2.35. The number of hydrogen-bond acceptors (Lipinski definition) is 3. The molecular weight excluding hydrogens is 234 g/mol. The van der Waals surface area contributed by atoms with Gasteiger partial charge >= 0.3 is 0 Å². The van der Waals surface area contributed by atoms with E-state index in [0.717, 1.165) is 28.9 Å². The molecule has 0 bridgehead atoms. The number of pyridine rings is 1. The summed E-state index contributed by atoms with van der Waals surface area (Å²) in [6, 6.07) is 6.83. The van der Waals surface area contributed by atoms with Crippen molar-refractivity contribution in [3.8, 4) is 0 Å². The molecule has 1 aromatic carbocycles. The van der Waals surface area contributed by atoms with Crippen LogP contribution in [0.1, 0.15) is 26.7 Å². The highest BCUT2D eigenvalue weighted by atomic mass is 15.2. The van der Waals surface area contributed by atoms with Gasteiger partial charge in [0.2, 0.25) is 0 Å². The van der Waals surface area contributed by atoms with Crippen LogP contribution in [0.25, 0.3) is 10.8 Å². The van der Waals surface area contributed by atoms with Crippen molar-refractivity contribution in [2.45, 2.75) is 32.7 Å². The highest BCUT2D eigenvalue weighted by molar-refractivity contribution is 5.98. The van der Waals surface area contributed by atoms with Crippen molar-refractivity contribution in [2.75, 3.05) is 17.2 Å². The van der Waals surface area contributed by atoms with Gasteiger partial charge in [0.1, 0.15) is 0 Å². The van der Waals surface area contributed by atoms with E-state index in [1.54, 1.807) is 0 Å². The van der Waals surface area contributed by atoms with Gasteiger partial charge in [0.25, 0.3) is 0 Å². The molecule has 2 aromatic rings. The summed E-state index contributed by atoms with van der Waals surface area (Å²) in [5.41, 5.74) is 8.45. The molecule has 3 heteroatoms. The van der Waals surface area contributed by atoms with Crippen molar-refractivity contribution >= 4 is 22.1 Å². The molecule has 2 N–H and O–H groups in total. The van der Waals surface area contributed by atoms with Crippen molar-refractivity contribution in [3.63, 3.8) is 0 Å². The molecule has 3 nitrogen and oxygen atoms in total. The van der Waals surface area contributed by atoms with Gasteiger partial charge in [0.15, 0.2) is 0 Å². The van der Waals surface area contributed by atoms with E-state index in [0.29, 0.717) is 6.04 Å². The quantitative estimate of drug-likeness (QED) is 0.794. The Bertz CT molecular complexity index is 594. The molecule has 100 valence electrons. The fraction of sp³-hybridized carbons (Fsp3) is 0.438. The third kappa shape index (κ3) is 2.14. The van der Waals surface area contributed by atoms with Crippen LogP contribution in [0, 0.1) is 5.92 Å². The Hall–Kier alpha value is -1.77. The van der Waals surface area contributed by atoms with Crippen molar-refractivity contribution in [1.29, 1.82) is 0 Å². The van der Waals surface area contributed by atoms with Crippen molar-refractivity contribution in [2.24, 2.45) is 5.92 Å². The average Bonchev–Trinajstić information content (AvgIpc) is 2.41. The van der Waals surface area contributed by atoms with Crippen molar-refractivity contribution in [3.05, 3.63) is 30.6 Å². The fourth-order valence-corrected chi connectivity index (χ4v) is 3.20. The van der Waals surface area contributed by atoms with E-state index in [2.05, 4.69) is 35.9 Å². The molecule has 1 aliphatic rings. The number of rotatable bonds is 1. The average molecular weight is 255 g/mol. The lowest BCUT2D eigenvalue weighted by Crippen LogP contribution is -2.40. The predicted octanol–water partition coefficient (Wildman–Crippen LogP) is 3.44. The first-order chi connectivity index (χ1) is 9.16. The summed E-state index contributed by atoms with van der Waals surface area (Å²) in [4.78, 5) is 6.61. The largest absolute Gasteiger partial charge is 0.397 e. The summed E-state index contributed by atoms with van der Waals surface area (Å²) in [5.74, 6) is 0.817. The molecule has 19 heavy (non-hydrogen) atoms. The SMILES string of the molecule is CC1CCN(c2ccc3cnccc3c2N)C(C)C1. The number of benzene rings is 1. The second-order valence-electron chi connectivity index (χ2n) is 5.77. The molecule has 0 saturated carbocycles.